The van der Waals surface area contributed by atoms with E-state index in [4.69, 9.17) is 55.1 Å². The van der Waals surface area contributed by atoms with Crippen molar-refractivity contribution in [3.63, 3.8) is 0 Å². The maximum atomic E-state index is 11.9. The first-order valence-electron chi connectivity index (χ1n) is 27.7. The number of carboxylic acids is 9. The number of carbonyl (C=O) groups excluding carboxylic acids is 6. The number of unbranched alkanes of at least 4 members (excludes halogenated alkanes) is 10. The van der Waals surface area contributed by atoms with E-state index in [1.165, 1.54) is 6.42 Å². The minimum absolute atomic E-state index is 0.227. The van der Waals surface area contributed by atoms with Gasteiger partial charge < -0.3 is 92.1 Å². The SMILES string of the molecule is CCCCCCCCOC(=O)CC[C@H](NC(=O)N[C@@H](CCC(=O)O)C(=O)O)C(=O)O.CCCCCCCOC(=O)CC[C@H](NC(=O)N[C@@H](CCC(=O)O)C(=O)O)C(=O)O.CCCCOC(=O)CC[C@H](NC(=O)N[C@@H](CCC(=O)O)C(=O)O)C(=O)O. The lowest BCUT2D eigenvalue weighted by atomic mass is 10.1. The van der Waals surface area contributed by atoms with E-state index in [0.717, 1.165) is 70.6 Å². The number of esters is 3. The molecule has 15 N–H and O–H groups in total. The number of carboxylic acid groups (broad SMARTS) is 9. The molecule has 0 saturated carbocycles. The van der Waals surface area contributed by atoms with Crippen LogP contribution in [-0.2, 0) is 71.7 Å². The van der Waals surface area contributed by atoms with Gasteiger partial charge in [-0.3, -0.25) is 28.8 Å². The van der Waals surface area contributed by atoms with Gasteiger partial charge in [-0.15, -0.1) is 0 Å². The Morgan fingerprint density at radius 3 is 0.659 bits per heavy atom. The molecule has 0 spiro atoms. The molecule has 0 aromatic carbocycles. The molecule has 0 bridgehead atoms. The van der Waals surface area contributed by atoms with E-state index in [1.807, 2.05) is 28.2 Å². The third-order valence-electron chi connectivity index (χ3n) is 11.5. The highest BCUT2D eigenvalue weighted by Crippen LogP contribution is 2.09. The van der Waals surface area contributed by atoms with Gasteiger partial charge in [0.05, 0.1) is 19.8 Å². The number of nitrogens with one attached hydrogen (secondary N) is 6. The van der Waals surface area contributed by atoms with Crippen molar-refractivity contribution in [2.75, 3.05) is 19.8 Å². The minimum atomic E-state index is -1.49. The number of urea groups is 3. The average Bonchev–Trinajstić information content (AvgIpc) is 3.41. The summed E-state index contributed by atoms with van der Waals surface area (Å²) in [6.45, 7) is 6.85. The third-order valence-corrected chi connectivity index (χ3v) is 11.5. The number of amides is 6. The summed E-state index contributed by atoms with van der Waals surface area (Å²) in [4.78, 5) is 169. The normalized spacial score (nSPS) is 12.5. The molecule has 33 heteroatoms. The van der Waals surface area contributed by atoms with Crippen LogP contribution < -0.4 is 31.9 Å². The number of rotatable bonds is 46. The Kier molecular flexibility index (Phi) is 47.5. The van der Waals surface area contributed by atoms with Crippen LogP contribution >= 0.6 is 0 Å². The zero-order chi connectivity index (χ0) is 65.3. The van der Waals surface area contributed by atoms with Crippen LogP contribution in [0.2, 0.25) is 0 Å². The van der Waals surface area contributed by atoms with Crippen molar-refractivity contribution in [2.24, 2.45) is 0 Å². The Morgan fingerprint density at radius 2 is 0.459 bits per heavy atom. The zero-order valence-electron chi connectivity index (χ0n) is 48.1. The molecule has 486 valence electrons. The molecule has 6 amide bonds. The lowest BCUT2D eigenvalue weighted by molar-refractivity contribution is -0.146. The van der Waals surface area contributed by atoms with Crippen LogP contribution in [0.5, 0.6) is 0 Å². The quantitative estimate of drug-likeness (QED) is 0.0236. The van der Waals surface area contributed by atoms with Crippen molar-refractivity contribution in [1.82, 2.24) is 31.9 Å². The van der Waals surface area contributed by atoms with Gasteiger partial charge in [-0.1, -0.05) is 85.0 Å². The van der Waals surface area contributed by atoms with Crippen molar-refractivity contribution >= 4 is 89.7 Å². The molecule has 0 aromatic rings. The Hall–Kier alpha value is -8.55. The predicted octanol–water partition coefficient (Wildman–Crippen LogP) is 3.27. The van der Waals surface area contributed by atoms with Crippen LogP contribution in [-0.4, -0.2) is 192 Å². The van der Waals surface area contributed by atoms with E-state index < -0.39 is 145 Å². The second kappa shape index (κ2) is 50.0. The highest BCUT2D eigenvalue weighted by molar-refractivity contribution is 5.89. The fraction of sp³-hybridized carbons (Fsp3) is 0.712. The molecule has 85 heavy (non-hydrogen) atoms. The van der Waals surface area contributed by atoms with Crippen LogP contribution in [0.3, 0.4) is 0 Å². The molecular formula is C52H86N6O27. The van der Waals surface area contributed by atoms with Crippen molar-refractivity contribution in [2.45, 2.75) is 218 Å². The van der Waals surface area contributed by atoms with Gasteiger partial charge in [-0.25, -0.2) is 43.2 Å². The molecule has 0 fully saturated rings. The van der Waals surface area contributed by atoms with Gasteiger partial charge in [0.2, 0.25) is 0 Å². The summed E-state index contributed by atoms with van der Waals surface area (Å²) in [5, 5.41) is 92.3. The van der Waals surface area contributed by atoms with Crippen LogP contribution in [0.25, 0.3) is 0 Å². The van der Waals surface area contributed by atoms with Gasteiger partial charge in [0.15, 0.2) is 0 Å². The molecule has 6 atom stereocenters. The molecule has 0 saturated heterocycles. The van der Waals surface area contributed by atoms with Crippen LogP contribution in [0.1, 0.15) is 181 Å². The predicted molar refractivity (Wildman–Crippen MR) is 292 cm³/mol. The van der Waals surface area contributed by atoms with E-state index in [9.17, 15) is 77.0 Å². The maximum Gasteiger partial charge on any atom is 0.326 e. The first-order valence-corrected chi connectivity index (χ1v) is 27.7. The topological polar surface area (TPSA) is 538 Å². The summed E-state index contributed by atoms with van der Waals surface area (Å²) in [5.74, 6) is -14.0. The van der Waals surface area contributed by atoms with Crippen molar-refractivity contribution < 1.29 is 132 Å². The Labute approximate surface area is 490 Å². The van der Waals surface area contributed by atoms with Crippen molar-refractivity contribution in [3.05, 3.63) is 0 Å². The van der Waals surface area contributed by atoms with E-state index in [1.54, 1.807) is 0 Å². The van der Waals surface area contributed by atoms with Gasteiger partial charge in [-0.2, -0.15) is 0 Å². The fourth-order valence-corrected chi connectivity index (χ4v) is 6.72. The molecular weight excluding hydrogens is 1140 g/mol. The van der Waals surface area contributed by atoms with Gasteiger partial charge >= 0.3 is 89.7 Å². The maximum absolute atomic E-state index is 11.9. The van der Waals surface area contributed by atoms with Crippen LogP contribution in [0.4, 0.5) is 14.4 Å². The summed E-state index contributed by atoms with van der Waals surface area (Å²) >= 11 is 0. The summed E-state index contributed by atoms with van der Waals surface area (Å²) in [6, 6.07) is -12.0. The highest BCUT2D eigenvalue weighted by Gasteiger charge is 2.29. The number of carbonyl (C=O) groups is 15. The van der Waals surface area contributed by atoms with E-state index in [2.05, 4.69) is 24.5 Å². The fourth-order valence-electron chi connectivity index (χ4n) is 6.72. The Balaban J connectivity index is -0.00000119. The third kappa shape index (κ3) is 48.7. The number of hydrogen-bond donors (Lipinski definition) is 15. The molecule has 0 aromatic heterocycles. The summed E-state index contributed by atoms with van der Waals surface area (Å²) < 4.78 is 14.9. The van der Waals surface area contributed by atoms with E-state index in [-0.39, 0.29) is 77.6 Å². The summed E-state index contributed by atoms with van der Waals surface area (Å²) in [6.07, 6.45) is 8.71. The largest absolute Gasteiger partial charge is 0.481 e. The van der Waals surface area contributed by atoms with Gasteiger partial charge in [0.25, 0.3) is 0 Å². The highest BCUT2D eigenvalue weighted by atomic mass is 16.5. The van der Waals surface area contributed by atoms with Crippen molar-refractivity contribution in [3.8, 4) is 0 Å². The van der Waals surface area contributed by atoms with Crippen LogP contribution in [0.15, 0.2) is 0 Å². The standard InChI is InChI=1S/C19H32N2O9.C18H30N2O9.C15H24N2O9/c1-2-3-4-5-6-7-12-30-16(24)11-9-14(18(27)28)21-19(29)20-13(17(25)26)8-10-15(22)23;1-2-3-4-5-6-11-29-15(23)10-8-13(17(26)27)20-18(28)19-12(16(24)25)7-9-14(21)22;1-2-3-8-26-12(20)7-5-10(14(23)24)17-15(25)16-9(13(21)22)4-6-11(18)19/h13-14H,2-12H2,1H3,(H,22,23)(H,25,26)(H,27,28)(H2,20,21,29);12-13H,2-11H2,1H3,(H,21,22)(H,24,25)(H,26,27)(H2,19,20,28);9-10H,2-8H2,1H3,(H,18,19)(H,21,22)(H,23,24)(H2,16,17,25)/t13-,14-;12-,13-;9-,10-/m000/s1. The van der Waals surface area contributed by atoms with Gasteiger partial charge in [-0.05, 0) is 57.8 Å². The average molecular weight is 1230 g/mol. The molecule has 0 aliphatic rings. The summed E-state index contributed by atoms with van der Waals surface area (Å²) in [7, 11) is 0. The number of hydrogen-bond acceptors (Lipinski definition) is 18. The number of aliphatic carboxylic acids is 9. The Morgan fingerprint density at radius 1 is 0.271 bits per heavy atom. The number of ether oxygens (including phenoxy) is 3. The Bertz CT molecular complexity index is 2130. The molecule has 0 radical (unpaired) electrons. The first-order chi connectivity index (χ1) is 40.0. The molecule has 33 nitrogen and oxygen atoms in total. The second-order valence-corrected chi connectivity index (χ2v) is 18.8. The van der Waals surface area contributed by atoms with Crippen LogP contribution in [0, 0.1) is 0 Å². The van der Waals surface area contributed by atoms with Gasteiger partial charge in [0.1, 0.15) is 36.3 Å². The van der Waals surface area contributed by atoms with Gasteiger partial charge in [0, 0.05) is 38.5 Å². The molecule has 0 aliphatic heterocycles. The second-order valence-electron chi connectivity index (χ2n) is 18.8. The molecule has 0 heterocycles. The lowest BCUT2D eigenvalue weighted by Crippen LogP contribution is -2.51. The lowest BCUT2D eigenvalue weighted by Gasteiger charge is -2.18. The van der Waals surface area contributed by atoms with E-state index >= 15 is 0 Å². The minimum Gasteiger partial charge on any atom is -0.481 e. The first kappa shape index (κ1) is 80.7. The zero-order valence-corrected chi connectivity index (χ0v) is 48.1. The molecule has 0 aliphatic carbocycles. The summed E-state index contributed by atoms with van der Waals surface area (Å²) in [5.41, 5.74) is 0. The molecule has 0 unspecified atom stereocenters. The smallest absolute Gasteiger partial charge is 0.326 e. The van der Waals surface area contributed by atoms with Crippen molar-refractivity contribution in [1.29, 1.82) is 0 Å². The molecule has 0 rings (SSSR count). The monoisotopic (exact) mass is 1230 g/mol. The van der Waals surface area contributed by atoms with E-state index in [0.29, 0.717) is 6.42 Å².